The number of hydrogen-bond acceptors (Lipinski definition) is 8. The maximum Gasteiger partial charge on any atom is 0.220 e. The zero-order valence-electron chi connectivity index (χ0n) is 57.9. The minimum atomic E-state index is -1.57. The summed E-state index contributed by atoms with van der Waals surface area (Å²) in [4.78, 5) is 13.2. The van der Waals surface area contributed by atoms with Crippen molar-refractivity contribution in [1.29, 1.82) is 0 Å². The molecule has 7 unspecified atom stereocenters. The summed E-state index contributed by atoms with van der Waals surface area (Å²) in [5, 5.41) is 55.0. The quantitative estimate of drug-likeness (QED) is 0.0261. The number of carbonyl (C=O) groups is 1. The van der Waals surface area contributed by atoms with Gasteiger partial charge in [0.05, 0.1) is 25.4 Å². The second-order valence-electron chi connectivity index (χ2n) is 25.4. The van der Waals surface area contributed by atoms with Crippen molar-refractivity contribution in [3.05, 3.63) is 134 Å². The summed E-state index contributed by atoms with van der Waals surface area (Å²) in [6, 6.07) is -0.750. The maximum absolute atomic E-state index is 13.2. The van der Waals surface area contributed by atoms with Crippen molar-refractivity contribution in [2.75, 3.05) is 13.2 Å². The van der Waals surface area contributed by atoms with Crippen LogP contribution in [-0.4, -0.2) is 87.5 Å². The van der Waals surface area contributed by atoms with E-state index in [1.165, 1.54) is 173 Å². The van der Waals surface area contributed by atoms with Crippen LogP contribution in [0.4, 0.5) is 0 Å². The molecule has 1 saturated heterocycles. The van der Waals surface area contributed by atoms with E-state index in [-0.39, 0.29) is 12.5 Å². The number of rotatable bonds is 64. The van der Waals surface area contributed by atoms with Gasteiger partial charge in [-0.2, -0.15) is 0 Å². The molecule has 0 bridgehead atoms. The predicted molar refractivity (Wildman–Crippen MR) is 387 cm³/mol. The molecule has 516 valence electrons. The molecule has 0 saturated carbocycles. The van der Waals surface area contributed by atoms with Crippen molar-refractivity contribution < 1.29 is 39.8 Å². The summed E-state index contributed by atoms with van der Waals surface area (Å²) in [5.41, 5.74) is 0. The third kappa shape index (κ3) is 55.9. The monoisotopic (exact) mass is 1250 g/mol. The lowest BCUT2D eigenvalue weighted by Gasteiger charge is -2.40. The highest BCUT2D eigenvalue weighted by atomic mass is 16.7. The van der Waals surface area contributed by atoms with Crippen molar-refractivity contribution in [3.63, 3.8) is 0 Å². The molecule has 0 aromatic carbocycles. The van der Waals surface area contributed by atoms with Gasteiger partial charge in [0.25, 0.3) is 0 Å². The van der Waals surface area contributed by atoms with Crippen LogP contribution in [0.3, 0.4) is 0 Å². The van der Waals surface area contributed by atoms with Crippen LogP contribution in [0.5, 0.6) is 0 Å². The van der Waals surface area contributed by atoms with E-state index in [2.05, 4.69) is 153 Å². The molecule has 1 heterocycles. The third-order valence-corrected chi connectivity index (χ3v) is 17.0. The van der Waals surface area contributed by atoms with Gasteiger partial charge in [-0.1, -0.05) is 347 Å². The Kier molecular flexibility index (Phi) is 63.9. The van der Waals surface area contributed by atoms with Gasteiger partial charge >= 0.3 is 0 Å². The van der Waals surface area contributed by atoms with Gasteiger partial charge in [-0.05, 0) is 96.3 Å². The zero-order valence-corrected chi connectivity index (χ0v) is 57.9. The first-order valence-corrected chi connectivity index (χ1v) is 37.4. The molecule has 1 aliphatic rings. The lowest BCUT2D eigenvalue weighted by molar-refractivity contribution is -0.302. The zero-order chi connectivity index (χ0) is 64.9. The van der Waals surface area contributed by atoms with Gasteiger partial charge in [-0.25, -0.2) is 0 Å². The average Bonchev–Trinajstić information content (AvgIpc) is 1.28. The van der Waals surface area contributed by atoms with Gasteiger partial charge in [0.2, 0.25) is 5.91 Å². The van der Waals surface area contributed by atoms with Gasteiger partial charge in [0.1, 0.15) is 24.4 Å². The Labute approximate surface area is 553 Å². The molecule has 0 aliphatic carbocycles. The molecule has 9 heteroatoms. The number of unbranched alkanes of at least 4 members (excludes halogenated alkanes) is 32. The smallest absolute Gasteiger partial charge is 0.220 e. The molecule has 1 aliphatic heterocycles. The number of ether oxygens (including phenoxy) is 2. The lowest BCUT2D eigenvalue weighted by atomic mass is 9.99. The SMILES string of the molecule is CC/C=C\C/C=C\C/C=C\C/C=C\C/C=C\C/C=C\C/C=C\C/C=C\C/C=C\C/C=C\C/C=C\CCCCCC(=O)NC(COC1OC(CO)C(O)C(O)C1O)C(O)CCCCCCCCCCCCCCCCCCCCCCCCCCCCCCCC. The molecule has 0 aromatic rings. The molecule has 1 rings (SSSR count). The minimum absolute atomic E-state index is 0.159. The number of aliphatic hydroxyl groups excluding tert-OH is 5. The first kappa shape index (κ1) is 84.3. The fraction of sp³-hybridized carbons (Fsp3) is 0.716. The fourth-order valence-electron chi connectivity index (χ4n) is 11.2. The second kappa shape index (κ2) is 68.2. The largest absolute Gasteiger partial charge is 0.394 e. The van der Waals surface area contributed by atoms with Crippen LogP contribution in [0.15, 0.2) is 134 Å². The molecular formula is C81H139NO8. The summed E-state index contributed by atoms with van der Waals surface area (Å²) in [6.07, 6.45) is 96.7. The molecule has 0 radical (unpaired) electrons. The normalized spacial score (nSPS) is 18.6. The van der Waals surface area contributed by atoms with Gasteiger partial charge < -0.3 is 40.3 Å². The Hall–Kier alpha value is -3.67. The lowest BCUT2D eigenvalue weighted by Crippen LogP contribution is -2.60. The first-order valence-electron chi connectivity index (χ1n) is 37.4. The molecule has 1 fully saturated rings. The maximum atomic E-state index is 13.2. The summed E-state index contributed by atoms with van der Waals surface area (Å²) in [6.45, 7) is 3.73. The van der Waals surface area contributed by atoms with Crippen LogP contribution in [0.25, 0.3) is 0 Å². The summed E-state index contributed by atoms with van der Waals surface area (Å²) < 4.78 is 11.4. The van der Waals surface area contributed by atoms with Crippen LogP contribution in [0.1, 0.15) is 316 Å². The van der Waals surface area contributed by atoms with Gasteiger partial charge in [0.15, 0.2) is 6.29 Å². The van der Waals surface area contributed by atoms with Gasteiger partial charge in [0, 0.05) is 6.42 Å². The van der Waals surface area contributed by atoms with E-state index in [1.54, 1.807) is 0 Å². The Bertz CT molecular complexity index is 1890. The van der Waals surface area contributed by atoms with Gasteiger partial charge in [-0.3, -0.25) is 4.79 Å². The van der Waals surface area contributed by atoms with E-state index in [1.807, 2.05) is 0 Å². The highest BCUT2D eigenvalue weighted by Gasteiger charge is 2.44. The molecule has 1 amide bonds. The highest BCUT2D eigenvalue weighted by Crippen LogP contribution is 2.24. The molecule has 9 nitrogen and oxygen atoms in total. The third-order valence-electron chi connectivity index (χ3n) is 17.0. The van der Waals surface area contributed by atoms with Crippen molar-refractivity contribution in [2.24, 2.45) is 0 Å². The van der Waals surface area contributed by atoms with Crippen LogP contribution in [0, 0.1) is 0 Å². The standard InChI is InChI=1S/C81H139NO8/c1-3-5-7-9-11-13-15-17-19-21-23-25-27-29-31-33-35-36-37-38-39-40-41-43-45-47-49-51-53-55-57-59-61-63-65-67-69-71-77(85)82-74(73-89-81-80(88)79(87)78(86)76(72-83)90-81)75(84)70-68-66-64-62-60-58-56-54-52-50-48-46-44-42-34-32-30-28-26-24-22-20-18-16-14-12-10-8-6-4-2/h5,7,11,13,17,19,23,25,29,31,35-36,38-39,41,43,47,49,53,55,59,61,74-76,78-81,83-84,86-88H,3-4,6,8-10,12,14-16,18,20-22,24,26-28,30,32-34,37,40,42,44-46,48,50-52,54,56-58,60,62-73H2,1-2H3,(H,82,85)/b7-5-,13-11-,19-17-,25-23-,31-29-,36-35-,39-38-,43-41-,49-47-,55-53-,61-59-. The van der Waals surface area contributed by atoms with Crippen molar-refractivity contribution in [3.8, 4) is 0 Å². The number of nitrogens with one attached hydrogen (secondary N) is 1. The number of amides is 1. The summed E-state index contributed by atoms with van der Waals surface area (Å²) in [7, 11) is 0. The van der Waals surface area contributed by atoms with E-state index in [0.717, 1.165) is 116 Å². The first-order chi connectivity index (χ1) is 44.3. The average molecular weight is 1260 g/mol. The Morgan fingerprint density at radius 1 is 0.389 bits per heavy atom. The van der Waals surface area contributed by atoms with E-state index in [4.69, 9.17) is 9.47 Å². The van der Waals surface area contributed by atoms with Crippen LogP contribution < -0.4 is 5.32 Å². The Morgan fingerprint density at radius 3 is 1.01 bits per heavy atom. The van der Waals surface area contributed by atoms with Crippen molar-refractivity contribution in [2.45, 2.75) is 358 Å². The van der Waals surface area contributed by atoms with E-state index >= 15 is 0 Å². The number of carbonyl (C=O) groups excluding carboxylic acids is 1. The topological polar surface area (TPSA) is 149 Å². The Morgan fingerprint density at radius 2 is 0.689 bits per heavy atom. The fourth-order valence-corrected chi connectivity index (χ4v) is 11.2. The second-order valence-corrected chi connectivity index (χ2v) is 25.4. The minimum Gasteiger partial charge on any atom is -0.394 e. The van der Waals surface area contributed by atoms with E-state index in [9.17, 15) is 30.3 Å². The molecule has 0 spiro atoms. The van der Waals surface area contributed by atoms with Gasteiger partial charge in [-0.15, -0.1) is 0 Å². The van der Waals surface area contributed by atoms with Crippen LogP contribution >= 0.6 is 0 Å². The Balaban J connectivity index is 2.16. The highest BCUT2D eigenvalue weighted by molar-refractivity contribution is 5.76. The molecule has 90 heavy (non-hydrogen) atoms. The number of allylic oxidation sites excluding steroid dienone is 22. The van der Waals surface area contributed by atoms with E-state index < -0.39 is 49.5 Å². The molecular weight excluding hydrogens is 1110 g/mol. The number of aliphatic hydroxyl groups is 5. The number of hydrogen-bond donors (Lipinski definition) is 6. The van der Waals surface area contributed by atoms with Crippen molar-refractivity contribution in [1.82, 2.24) is 5.32 Å². The molecule has 7 atom stereocenters. The van der Waals surface area contributed by atoms with Crippen LogP contribution in [-0.2, 0) is 14.3 Å². The van der Waals surface area contributed by atoms with E-state index in [0.29, 0.717) is 12.8 Å². The van der Waals surface area contributed by atoms with Crippen LogP contribution in [0.2, 0.25) is 0 Å². The summed E-state index contributed by atoms with van der Waals surface area (Å²) in [5.74, 6) is -0.177. The molecule has 6 N–H and O–H groups in total. The van der Waals surface area contributed by atoms with Crippen molar-refractivity contribution >= 4 is 5.91 Å². The molecule has 0 aromatic heterocycles. The summed E-state index contributed by atoms with van der Waals surface area (Å²) >= 11 is 0. The predicted octanol–water partition coefficient (Wildman–Crippen LogP) is 21.1.